The van der Waals surface area contributed by atoms with E-state index in [1.54, 1.807) is 6.07 Å². The molecular formula is C12H16BrClN2O. The molecule has 3 nitrogen and oxygen atoms in total. The fourth-order valence-corrected chi connectivity index (χ4v) is 3.08. The maximum absolute atomic E-state index is 5.94. The third-order valence-corrected chi connectivity index (χ3v) is 3.34. The summed E-state index contributed by atoms with van der Waals surface area (Å²) in [7, 11) is 0. The van der Waals surface area contributed by atoms with Crippen LogP contribution in [0.3, 0.4) is 0 Å². The summed E-state index contributed by atoms with van der Waals surface area (Å²) in [5.41, 5.74) is 0.991. The number of nitrogens with zero attached hydrogens (tertiary/aromatic N) is 2. The second-order valence-corrected chi connectivity index (χ2v) is 5.85. The fourth-order valence-electron chi connectivity index (χ4n) is 2.24. The summed E-state index contributed by atoms with van der Waals surface area (Å²) in [5.74, 6) is 0. The predicted octanol–water partition coefficient (Wildman–Crippen LogP) is 3.11. The number of halogens is 2. The zero-order valence-electron chi connectivity index (χ0n) is 9.99. The monoisotopic (exact) mass is 318 g/mol. The smallest absolute Gasteiger partial charge is 0.130 e. The van der Waals surface area contributed by atoms with E-state index in [-0.39, 0.29) is 12.2 Å². The molecular weight excluding hydrogens is 304 g/mol. The molecule has 2 heterocycles. The standard InChI is InChI=1S/C12H16BrClN2O/c1-8-5-16(6-9(2)17-8)7-11-3-10(13)4-12(14)15-11/h3-4,8-9H,5-7H2,1-2H3/t8-,9-/m1/s1. The lowest BCUT2D eigenvalue weighted by Crippen LogP contribution is -2.44. The van der Waals surface area contributed by atoms with Crippen molar-refractivity contribution in [1.29, 1.82) is 0 Å². The lowest BCUT2D eigenvalue weighted by atomic mass is 10.2. The van der Waals surface area contributed by atoms with Crippen LogP contribution >= 0.6 is 27.5 Å². The minimum Gasteiger partial charge on any atom is -0.373 e. The molecule has 0 radical (unpaired) electrons. The molecule has 2 atom stereocenters. The number of aromatic nitrogens is 1. The number of rotatable bonds is 2. The third-order valence-electron chi connectivity index (χ3n) is 2.69. The van der Waals surface area contributed by atoms with Crippen molar-refractivity contribution < 1.29 is 4.74 Å². The first-order valence-electron chi connectivity index (χ1n) is 5.72. The Hall–Kier alpha value is -0.160. The number of ether oxygens (including phenoxy) is 1. The molecule has 5 heteroatoms. The highest BCUT2D eigenvalue weighted by Crippen LogP contribution is 2.19. The van der Waals surface area contributed by atoms with Crippen molar-refractivity contribution >= 4 is 27.5 Å². The summed E-state index contributed by atoms with van der Waals surface area (Å²) in [6, 6.07) is 3.81. The number of pyridine rings is 1. The molecule has 0 aromatic carbocycles. The molecule has 1 saturated heterocycles. The molecule has 1 aliphatic heterocycles. The van der Waals surface area contributed by atoms with Crippen LogP contribution in [-0.2, 0) is 11.3 Å². The summed E-state index contributed by atoms with van der Waals surface area (Å²) >= 11 is 9.37. The third kappa shape index (κ3) is 3.91. The van der Waals surface area contributed by atoms with Crippen LogP contribution in [0.25, 0.3) is 0 Å². The Bertz CT molecular complexity index is 372. The van der Waals surface area contributed by atoms with Gasteiger partial charge >= 0.3 is 0 Å². The second-order valence-electron chi connectivity index (χ2n) is 4.55. The number of morpholine rings is 1. The minimum atomic E-state index is 0.279. The van der Waals surface area contributed by atoms with Gasteiger partial charge in [0.1, 0.15) is 5.15 Å². The topological polar surface area (TPSA) is 25.4 Å². The first kappa shape index (κ1) is 13.3. The molecule has 17 heavy (non-hydrogen) atoms. The minimum absolute atomic E-state index is 0.279. The van der Waals surface area contributed by atoms with Crippen LogP contribution in [-0.4, -0.2) is 35.2 Å². The van der Waals surface area contributed by atoms with Crippen LogP contribution in [0.2, 0.25) is 5.15 Å². The Labute approximate surface area is 115 Å². The van der Waals surface area contributed by atoms with Crippen molar-refractivity contribution in [1.82, 2.24) is 9.88 Å². The van der Waals surface area contributed by atoms with Gasteiger partial charge in [-0.05, 0) is 26.0 Å². The summed E-state index contributed by atoms with van der Waals surface area (Å²) in [6.07, 6.45) is 0.558. The Kier molecular flexibility index (Phi) is 4.42. The van der Waals surface area contributed by atoms with Crippen molar-refractivity contribution in [3.63, 3.8) is 0 Å². The molecule has 2 rings (SSSR count). The zero-order valence-corrected chi connectivity index (χ0v) is 12.3. The molecule has 1 fully saturated rings. The van der Waals surface area contributed by atoms with E-state index in [2.05, 4.69) is 39.7 Å². The van der Waals surface area contributed by atoms with E-state index in [0.717, 1.165) is 29.8 Å². The van der Waals surface area contributed by atoms with Gasteiger partial charge in [-0.3, -0.25) is 4.90 Å². The normalized spacial score (nSPS) is 26.1. The van der Waals surface area contributed by atoms with Gasteiger partial charge in [0.25, 0.3) is 0 Å². The molecule has 0 spiro atoms. The average Bonchev–Trinajstić information content (AvgIpc) is 2.13. The van der Waals surface area contributed by atoms with Gasteiger partial charge in [-0.1, -0.05) is 27.5 Å². The zero-order chi connectivity index (χ0) is 12.4. The van der Waals surface area contributed by atoms with Crippen LogP contribution in [0.15, 0.2) is 16.6 Å². The first-order valence-corrected chi connectivity index (χ1v) is 6.90. The Morgan fingerprint density at radius 2 is 2.06 bits per heavy atom. The molecule has 0 amide bonds. The highest BCUT2D eigenvalue weighted by Gasteiger charge is 2.22. The molecule has 0 aliphatic carbocycles. The predicted molar refractivity (Wildman–Crippen MR) is 72.2 cm³/mol. The SMILES string of the molecule is C[C@@H]1CN(Cc2cc(Br)cc(Cl)n2)C[C@@H](C)O1. The van der Waals surface area contributed by atoms with Crippen molar-refractivity contribution in [2.45, 2.75) is 32.6 Å². The van der Waals surface area contributed by atoms with Gasteiger partial charge in [-0.25, -0.2) is 4.98 Å². The van der Waals surface area contributed by atoms with E-state index in [1.807, 2.05) is 6.07 Å². The summed E-state index contributed by atoms with van der Waals surface area (Å²) < 4.78 is 6.68. The van der Waals surface area contributed by atoms with Gasteiger partial charge in [0.2, 0.25) is 0 Å². The number of hydrogen-bond acceptors (Lipinski definition) is 3. The fraction of sp³-hybridized carbons (Fsp3) is 0.583. The first-order chi connectivity index (χ1) is 8.02. The van der Waals surface area contributed by atoms with Gasteiger partial charge < -0.3 is 4.74 Å². The largest absolute Gasteiger partial charge is 0.373 e. The van der Waals surface area contributed by atoms with Crippen molar-refractivity contribution in [2.75, 3.05) is 13.1 Å². The van der Waals surface area contributed by atoms with Gasteiger partial charge in [0.05, 0.1) is 17.9 Å². The van der Waals surface area contributed by atoms with Crippen LogP contribution in [0.5, 0.6) is 0 Å². The van der Waals surface area contributed by atoms with Gasteiger partial charge in [-0.2, -0.15) is 0 Å². The van der Waals surface area contributed by atoms with E-state index >= 15 is 0 Å². The summed E-state index contributed by atoms with van der Waals surface area (Å²) in [6.45, 7) is 6.90. The van der Waals surface area contributed by atoms with E-state index in [1.165, 1.54) is 0 Å². The van der Waals surface area contributed by atoms with Crippen LogP contribution in [0.4, 0.5) is 0 Å². The summed E-state index contributed by atoms with van der Waals surface area (Å²) in [4.78, 5) is 6.68. The van der Waals surface area contributed by atoms with Crippen molar-refractivity contribution in [3.8, 4) is 0 Å². The molecule has 0 bridgehead atoms. The molecule has 1 aromatic heterocycles. The lowest BCUT2D eigenvalue weighted by molar-refractivity contribution is -0.0707. The molecule has 1 aliphatic rings. The van der Waals surface area contributed by atoms with E-state index in [0.29, 0.717) is 5.15 Å². The average molecular weight is 320 g/mol. The molecule has 0 unspecified atom stereocenters. The Morgan fingerprint density at radius 1 is 1.41 bits per heavy atom. The maximum Gasteiger partial charge on any atom is 0.130 e. The highest BCUT2D eigenvalue weighted by atomic mass is 79.9. The number of hydrogen-bond donors (Lipinski definition) is 0. The van der Waals surface area contributed by atoms with E-state index < -0.39 is 0 Å². The van der Waals surface area contributed by atoms with E-state index in [9.17, 15) is 0 Å². The van der Waals surface area contributed by atoms with Crippen LogP contribution in [0.1, 0.15) is 19.5 Å². The van der Waals surface area contributed by atoms with Crippen LogP contribution < -0.4 is 0 Å². The second kappa shape index (κ2) is 5.65. The Morgan fingerprint density at radius 3 is 2.65 bits per heavy atom. The van der Waals surface area contributed by atoms with Crippen LogP contribution in [0, 0.1) is 0 Å². The lowest BCUT2D eigenvalue weighted by Gasteiger charge is -2.35. The molecule has 0 saturated carbocycles. The van der Waals surface area contributed by atoms with Gasteiger partial charge in [0.15, 0.2) is 0 Å². The van der Waals surface area contributed by atoms with Crippen molar-refractivity contribution in [2.24, 2.45) is 0 Å². The molecule has 94 valence electrons. The van der Waals surface area contributed by atoms with Crippen molar-refractivity contribution in [3.05, 3.63) is 27.5 Å². The molecule has 0 N–H and O–H groups in total. The summed E-state index contributed by atoms with van der Waals surface area (Å²) in [5, 5.41) is 0.531. The van der Waals surface area contributed by atoms with Gasteiger partial charge in [-0.15, -0.1) is 0 Å². The van der Waals surface area contributed by atoms with Gasteiger partial charge in [0, 0.05) is 24.1 Å². The quantitative estimate of drug-likeness (QED) is 0.783. The maximum atomic E-state index is 5.94. The molecule has 1 aromatic rings. The van der Waals surface area contributed by atoms with E-state index in [4.69, 9.17) is 16.3 Å². The highest BCUT2D eigenvalue weighted by molar-refractivity contribution is 9.10. The Balaban J connectivity index is 2.04.